The Morgan fingerprint density at radius 2 is 1.71 bits per heavy atom. The summed E-state index contributed by atoms with van der Waals surface area (Å²) in [6.45, 7) is 2.03. The Labute approximate surface area is 89.0 Å². The fraction of sp³-hybridized carbons (Fsp3) is 0.364. The van der Waals surface area contributed by atoms with E-state index in [9.17, 15) is 0 Å². The molecule has 1 saturated heterocycles. The van der Waals surface area contributed by atoms with Crippen LogP contribution in [0.15, 0.2) is 24.3 Å². The highest BCUT2D eigenvalue weighted by molar-refractivity contribution is 6.30. The van der Waals surface area contributed by atoms with Crippen molar-refractivity contribution in [2.24, 2.45) is 0 Å². The van der Waals surface area contributed by atoms with E-state index in [2.05, 4.69) is 4.90 Å². The summed E-state index contributed by atoms with van der Waals surface area (Å²) in [5.74, 6) is 0.624. The van der Waals surface area contributed by atoms with E-state index >= 15 is 0 Å². The van der Waals surface area contributed by atoms with Gasteiger partial charge in [-0.25, -0.2) is 0 Å². The monoisotopic (exact) mass is 208 g/mol. The lowest BCUT2D eigenvalue weighted by Gasteiger charge is -2.18. The molecule has 2 nitrogen and oxygen atoms in total. The Morgan fingerprint density at radius 1 is 1.14 bits per heavy atom. The molecule has 1 aliphatic heterocycles. The summed E-state index contributed by atoms with van der Waals surface area (Å²) in [4.78, 5) is 2.11. The number of amidine groups is 1. The molecule has 0 unspecified atom stereocenters. The molecule has 0 bridgehead atoms. The highest BCUT2D eigenvalue weighted by Crippen LogP contribution is 2.15. The van der Waals surface area contributed by atoms with Crippen LogP contribution in [0.25, 0.3) is 0 Å². The van der Waals surface area contributed by atoms with Gasteiger partial charge in [0.2, 0.25) is 0 Å². The van der Waals surface area contributed by atoms with Crippen molar-refractivity contribution in [3.05, 3.63) is 34.9 Å². The fourth-order valence-electron chi connectivity index (χ4n) is 1.73. The maximum Gasteiger partial charge on any atom is 0.128 e. The number of nitrogens with zero attached hydrogens (tertiary/aromatic N) is 1. The van der Waals surface area contributed by atoms with Gasteiger partial charge >= 0.3 is 0 Å². The van der Waals surface area contributed by atoms with Crippen LogP contribution in [0, 0.1) is 5.41 Å². The van der Waals surface area contributed by atoms with Gasteiger partial charge in [-0.2, -0.15) is 0 Å². The Kier molecular flexibility index (Phi) is 2.73. The molecule has 0 atom stereocenters. The van der Waals surface area contributed by atoms with Gasteiger partial charge in [-0.05, 0) is 37.1 Å². The first-order valence-electron chi connectivity index (χ1n) is 4.87. The average molecular weight is 209 g/mol. The molecule has 0 aromatic heterocycles. The largest absolute Gasteiger partial charge is 0.357 e. The number of benzene rings is 1. The molecular formula is C11H13ClN2. The zero-order valence-electron chi connectivity index (χ0n) is 7.96. The molecule has 1 N–H and O–H groups in total. The molecule has 1 aromatic rings. The van der Waals surface area contributed by atoms with Crippen molar-refractivity contribution < 1.29 is 0 Å². The van der Waals surface area contributed by atoms with Crippen LogP contribution in [0.2, 0.25) is 5.02 Å². The molecule has 3 heteroatoms. The molecule has 1 heterocycles. The van der Waals surface area contributed by atoms with Crippen molar-refractivity contribution in [1.29, 1.82) is 5.41 Å². The number of hydrogen-bond donors (Lipinski definition) is 1. The van der Waals surface area contributed by atoms with E-state index in [-0.39, 0.29) is 0 Å². The second kappa shape index (κ2) is 4.01. The lowest BCUT2D eigenvalue weighted by Crippen LogP contribution is -2.27. The summed E-state index contributed by atoms with van der Waals surface area (Å²) in [6, 6.07) is 7.48. The van der Waals surface area contributed by atoms with E-state index in [1.165, 1.54) is 12.8 Å². The Hall–Kier alpha value is -1.02. The highest BCUT2D eigenvalue weighted by Gasteiger charge is 2.15. The number of likely N-dealkylation sites (tertiary alicyclic amines) is 1. The SMILES string of the molecule is N=C(c1ccc(Cl)cc1)N1CCCC1. The maximum atomic E-state index is 7.98. The van der Waals surface area contributed by atoms with Gasteiger partial charge < -0.3 is 4.90 Å². The van der Waals surface area contributed by atoms with Crippen LogP contribution < -0.4 is 0 Å². The second-order valence-electron chi connectivity index (χ2n) is 3.55. The van der Waals surface area contributed by atoms with Gasteiger partial charge in [-0.15, -0.1) is 0 Å². The molecule has 1 fully saturated rings. The third kappa shape index (κ3) is 1.90. The van der Waals surface area contributed by atoms with E-state index in [0.29, 0.717) is 5.84 Å². The van der Waals surface area contributed by atoms with E-state index in [1.807, 2.05) is 24.3 Å². The quantitative estimate of drug-likeness (QED) is 0.558. The molecule has 1 aliphatic rings. The highest BCUT2D eigenvalue weighted by atomic mass is 35.5. The third-order valence-electron chi connectivity index (χ3n) is 2.54. The first-order valence-corrected chi connectivity index (χ1v) is 5.24. The number of nitrogens with one attached hydrogen (secondary N) is 1. The van der Waals surface area contributed by atoms with Crippen molar-refractivity contribution in [2.75, 3.05) is 13.1 Å². The minimum Gasteiger partial charge on any atom is -0.357 e. The first-order chi connectivity index (χ1) is 6.77. The number of halogens is 1. The first kappa shape index (κ1) is 9.53. The van der Waals surface area contributed by atoms with Gasteiger partial charge in [0.15, 0.2) is 0 Å². The molecule has 0 amide bonds. The second-order valence-corrected chi connectivity index (χ2v) is 3.99. The van der Waals surface area contributed by atoms with Gasteiger partial charge in [0.05, 0.1) is 0 Å². The van der Waals surface area contributed by atoms with Crippen molar-refractivity contribution in [1.82, 2.24) is 4.90 Å². The van der Waals surface area contributed by atoms with Crippen LogP contribution in [-0.4, -0.2) is 23.8 Å². The van der Waals surface area contributed by atoms with Crippen molar-refractivity contribution >= 4 is 17.4 Å². The zero-order chi connectivity index (χ0) is 9.97. The minimum absolute atomic E-state index is 0.624. The number of hydrogen-bond acceptors (Lipinski definition) is 1. The topological polar surface area (TPSA) is 27.1 Å². The smallest absolute Gasteiger partial charge is 0.128 e. The molecule has 14 heavy (non-hydrogen) atoms. The van der Waals surface area contributed by atoms with E-state index in [4.69, 9.17) is 17.0 Å². The molecule has 0 spiro atoms. The Morgan fingerprint density at radius 3 is 2.29 bits per heavy atom. The molecular weight excluding hydrogens is 196 g/mol. The lowest BCUT2D eigenvalue weighted by molar-refractivity contribution is 0.517. The molecule has 2 rings (SSSR count). The van der Waals surface area contributed by atoms with E-state index in [0.717, 1.165) is 23.7 Å². The average Bonchev–Trinajstić information content (AvgIpc) is 2.71. The third-order valence-corrected chi connectivity index (χ3v) is 2.79. The van der Waals surface area contributed by atoms with Crippen LogP contribution >= 0.6 is 11.6 Å². The molecule has 74 valence electrons. The predicted molar refractivity (Wildman–Crippen MR) is 59.1 cm³/mol. The summed E-state index contributed by atoms with van der Waals surface area (Å²) in [6.07, 6.45) is 2.41. The van der Waals surface area contributed by atoms with Crippen LogP contribution in [0.5, 0.6) is 0 Å². The van der Waals surface area contributed by atoms with Crippen molar-refractivity contribution in [3.63, 3.8) is 0 Å². The zero-order valence-corrected chi connectivity index (χ0v) is 8.72. The summed E-state index contributed by atoms with van der Waals surface area (Å²) in [5.41, 5.74) is 0.955. The van der Waals surface area contributed by atoms with E-state index < -0.39 is 0 Å². The predicted octanol–water partition coefficient (Wildman–Crippen LogP) is 2.76. The molecule has 0 saturated carbocycles. The number of rotatable bonds is 1. The van der Waals surface area contributed by atoms with Gasteiger partial charge in [0, 0.05) is 23.7 Å². The normalized spacial score (nSPS) is 15.9. The fourth-order valence-corrected chi connectivity index (χ4v) is 1.86. The Balaban J connectivity index is 2.14. The molecule has 1 aromatic carbocycles. The molecule has 0 radical (unpaired) electrons. The van der Waals surface area contributed by atoms with Crippen LogP contribution in [0.1, 0.15) is 18.4 Å². The van der Waals surface area contributed by atoms with Crippen molar-refractivity contribution in [2.45, 2.75) is 12.8 Å². The maximum absolute atomic E-state index is 7.98. The minimum atomic E-state index is 0.624. The van der Waals surface area contributed by atoms with Crippen molar-refractivity contribution in [3.8, 4) is 0 Å². The van der Waals surface area contributed by atoms with Crippen LogP contribution in [0.4, 0.5) is 0 Å². The molecule has 0 aliphatic carbocycles. The standard InChI is InChI=1S/C11H13ClN2/c12-10-5-3-9(4-6-10)11(13)14-7-1-2-8-14/h3-6,13H,1-2,7-8H2. The summed E-state index contributed by atoms with van der Waals surface area (Å²) in [5, 5.41) is 8.71. The van der Waals surface area contributed by atoms with E-state index in [1.54, 1.807) is 0 Å². The summed E-state index contributed by atoms with van der Waals surface area (Å²) >= 11 is 5.79. The summed E-state index contributed by atoms with van der Waals surface area (Å²) in [7, 11) is 0. The van der Waals surface area contributed by atoms with Gasteiger partial charge in [0.1, 0.15) is 5.84 Å². The van der Waals surface area contributed by atoms with Gasteiger partial charge in [-0.3, -0.25) is 5.41 Å². The van der Waals surface area contributed by atoms with Crippen LogP contribution in [-0.2, 0) is 0 Å². The van der Waals surface area contributed by atoms with Crippen LogP contribution in [0.3, 0.4) is 0 Å². The van der Waals surface area contributed by atoms with Gasteiger partial charge in [-0.1, -0.05) is 11.6 Å². The summed E-state index contributed by atoms with van der Waals surface area (Å²) < 4.78 is 0. The van der Waals surface area contributed by atoms with Gasteiger partial charge in [0.25, 0.3) is 0 Å². The Bertz CT molecular complexity index is 326. The lowest BCUT2D eigenvalue weighted by atomic mass is 10.2.